The Morgan fingerprint density at radius 2 is 2.12 bits per heavy atom. The zero-order chi connectivity index (χ0) is 12.2. The number of hydrogen-bond acceptors (Lipinski definition) is 4. The Hall–Kier alpha value is -0.130. The molecule has 96 valence electrons. The van der Waals surface area contributed by atoms with Crippen molar-refractivity contribution in [3.63, 3.8) is 0 Å². The molecule has 1 saturated carbocycles. The predicted molar refractivity (Wildman–Crippen MR) is 63.1 cm³/mol. The van der Waals surface area contributed by atoms with Crippen molar-refractivity contribution in [3.05, 3.63) is 0 Å². The molecular weight excluding hydrogens is 228 g/mol. The highest BCUT2D eigenvalue weighted by molar-refractivity contribution is 7.91. The summed E-state index contributed by atoms with van der Waals surface area (Å²) in [5.74, 6) is 0.114. The van der Waals surface area contributed by atoms with Gasteiger partial charge in [-0.3, -0.25) is 0 Å². The molecule has 0 aromatic carbocycles. The van der Waals surface area contributed by atoms with Crippen LogP contribution in [0.5, 0.6) is 0 Å². The molecule has 0 amide bonds. The first-order valence-corrected chi connectivity index (χ1v) is 7.76. The molecule has 4 nitrogen and oxygen atoms in total. The van der Waals surface area contributed by atoms with Crippen molar-refractivity contribution >= 4 is 9.84 Å². The fourth-order valence-electron chi connectivity index (χ4n) is 2.39. The Morgan fingerprint density at radius 1 is 1.44 bits per heavy atom. The molecule has 3 atom stereocenters. The summed E-state index contributed by atoms with van der Waals surface area (Å²) in [5.41, 5.74) is 0. The van der Waals surface area contributed by atoms with E-state index in [0.29, 0.717) is 19.4 Å². The molecule has 0 aromatic rings. The van der Waals surface area contributed by atoms with Crippen LogP contribution in [-0.2, 0) is 14.6 Å². The molecule has 0 aliphatic heterocycles. The molecule has 1 aliphatic rings. The van der Waals surface area contributed by atoms with Crippen molar-refractivity contribution in [2.24, 2.45) is 5.92 Å². The van der Waals surface area contributed by atoms with Gasteiger partial charge in [-0.2, -0.15) is 0 Å². The largest absolute Gasteiger partial charge is 0.393 e. The van der Waals surface area contributed by atoms with Gasteiger partial charge >= 0.3 is 0 Å². The van der Waals surface area contributed by atoms with E-state index in [0.717, 1.165) is 19.3 Å². The third kappa shape index (κ3) is 4.03. The van der Waals surface area contributed by atoms with Crippen LogP contribution < -0.4 is 0 Å². The van der Waals surface area contributed by atoms with Crippen LogP contribution in [0.2, 0.25) is 0 Å². The van der Waals surface area contributed by atoms with Crippen molar-refractivity contribution in [3.8, 4) is 0 Å². The van der Waals surface area contributed by atoms with Crippen LogP contribution in [0.3, 0.4) is 0 Å². The van der Waals surface area contributed by atoms with Gasteiger partial charge in [0.25, 0.3) is 0 Å². The summed E-state index contributed by atoms with van der Waals surface area (Å²) in [6, 6.07) is 0. The molecule has 0 heterocycles. The van der Waals surface area contributed by atoms with Crippen molar-refractivity contribution in [1.82, 2.24) is 0 Å². The van der Waals surface area contributed by atoms with E-state index in [-0.39, 0.29) is 11.2 Å². The van der Waals surface area contributed by atoms with E-state index in [1.807, 2.05) is 0 Å². The number of hydrogen-bond donors (Lipinski definition) is 1. The van der Waals surface area contributed by atoms with Crippen molar-refractivity contribution in [2.75, 3.05) is 20.0 Å². The lowest BCUT2D eigenvalue weighted by Gasteiger charge is -2.31. The smallest absolute Gasteiger partial charge is 0.150 e. The Bertz CT molecular complexity index is 299. The molecule has 1 N–H and O–H groups in total. The maximum atomic E-state index is 11.5. The SMILES string of the molecule is COCCC(O)C1CCCC(S(C)(=O)=O)C1. The van der Waals surface area contributed by atoms with E-state index in [1.165, 1.54) is 6.26 Å². The van der Waals surface area contributed by atoms with E-state index in [9.17, 15) is 13.5 Å². The average Bonchev–Trinajstić information content (AvgIpc) is 2.25. The first-order valence-electron chi connectivity index (χ1n) is 5.81. The van der Waals surface area contributed by atoms with Gasteiger partial charge in [0.05, 0.1) is 11.4 Å². The fourth-order valence-corrected chi connectivity index (χ4v) is 3.59. The lowest BCUT2D eigenvalue weighted by atomic mass is 9.84. The Balaban J connectivity index is 2.50. The lowest BCUT2D eigenvalue weighted by molar-refractivity contribution is 0.0517. The van der Waals surface area contributed by atoms with Crippen LogP contribution in [0.25, 0.3) is 0 Å². The number of methoxy groups -OCH3 is 1. The van der Waals surface area contributed by atoms with Crippen molar-refractivity contribution in [1.29, 1.82) is 0 Å². The maximum absolute atomic E-state index is 11.5. The lowest BCUT2D eigenvalue weighted by Crippen LogP contribution is -2.33. The van der Waals surface area contributed by atoms with Crippen LogP contribution in [0.15, 0.2) is 0 Å². The van der Waals surface area contributed by atoms with Gasteiger partial charge in [0.15, 0.2) is 0 Å². The topological polar surface area (TPSA) is 63.6 Å². The van der Waals surface area contributed by atoms with E-state index in [4.69, 9.17) is 4.74 Å². The van der Waals surface area contributed by atoms with Gasteiger partial charge in [-0.05, 0) is 31.6 Å². The summed E-state index contributed by atoms with van der Waals surface area (Å²) in [6.07, 6.45) is 4.63. The molecule has 1 aliphatic carbocycles. The highest BCUT2D eigenvalue weighted by atomic mass is 32.2. The first-order chi connectivity index (χ1) is 7.45. The van der Waals surface area contributed by atoms with Crippen molar-refractivity contribution in [2.45, 2.75) is 43.5 Å². The van der Waals surface area contributed by atoms with Crippen LogP contribution >= 0.6 is 0 Å². The molecule has 1 rings (SSSR count). The van der Waals surface area contributed by atoms with Crippen LogP contribution in [0, 0.1) is 5.92 Å². The second-order valence-electron chi connectivity index (χ2n) is 4.73. The molecule has 0 radical (unpaired) electrons. The molecule has 0 spiro atoms. The average molecular weight is 250 g/mol. The van der Waals surface area contributed by atoms with E-state index >= 15 is 0 Å². The van der Waals surface area contributed by atoms with Gasteiger partial charge in [-0.15, -0.1) is 0 Å². The number of ether oxygens (including phenoxy) is 1. The van der Waals surface area contributed by atoms with Gasteiger partial charge in [-0.1, -0.05) is 6.42 Å². The van der Waals surface area contributed by atoms with Crippen LogP contribution in [0.1, 0.15) is 32.1 Å². The van der Waals surface area contributed by atoms with E-state index in [2.05, 4.69) is 0 Å². The number of aliphatic hydroxyl groups excluding tert-OH is 1. The van der Waals surface area contributed by atoms with Crippen LogP contribution in [-0.4, -0.2) is 44.9 Å². The van der Waals surface area contributed by atoms with Crippen molar-refractivity contribution < 1.29 is 18.3 Å². The summed E-state index contributed by atoms with van der Waals surface area (Å²) in [6.45, 7) is 0.529. The third-order valence-electron chi connectivity index (χ3n) is 3.43. The molecule has 3 unspecified atom stereocenters. The second kappa shape index (κ2) is 5.98. The standard InChI is InChI=1S/C11H22O4S/c1-15-7-6-11(12)9-4-3-5-10(8-9)16(2,13)14/h9-12H,3-8H2,1-2H3. The van der Waals surface area contributed by atoms with Gasteiger partial charge in [0.2, 0.25) is 0 Å². The second-order valence-corrected chi connectivity index (χ2v) is 7.05. The number of sulfone groups is 1. The number of rotatable bonds is 5. The summed E-state index contributed by atoms with van der Waals surface area (Å²) in [5, 5.41) is 9.65. The Morgan fingerprint density at radius 3 is 2.69 bits per heavy atom. The Kier molecular flexibility index (Phi) is 5.21. The van der Waals surface area contributed by atoms with Gasteiger partial charge < -0.3 is 9.84 Å². The zero-order valence-electron chi connectivity index (χ0n) is 10.1. The summed E-state index contributed by atoms with van der Waals surface area (Å²) < 4.78 is 27.8. The zero-order valence-corrected chi connectivity index (χ0v) is 10.9. The number of aliphatic hydroxyl groups is 1. The predicted octanol–water partition coefficient (Wildman–Crippen LogP) is 0.987. The van der Waals surface area contributed by atoms with Gasteiger partial charge in [0.1, 0.15) is 9.84 Å². The summed E-state index contributed by atoms with van der Waals surface area (Å²) in [4.78, 5) is 0. The highest BCUT2D eigenvalue weighted by Gasteiger charge is 2.32. The molecule has 0 saturated heterocycles. The van der Waals surface area contributed by atoms with E-state index < -0.39 is 15.9 Å². The fraction of sp³-hybridized carbons (Fsp3) is 1.00. The third-order valence-corrected chi connectivity index (χ3v) is 5.07. The monoisotopic (exact) mass is 250 g/mol. The molecule has 0 bridgehead atoms. The van der Waals surface area contributed by atoms with Gasteiger partial charge in [0, 0.05) is 20.0 Å². The minimum Gasteiger partial charge on any atom is -0.393 e. The first kappa shape index (κ1) is 13.9. The molecule has 1 fully saturated rings. The Labute approximate surface area is 97.9 Å². The minimum atomic E-state index is -2.96. The highest BCUT2D eigenvalue weighted by Crippen LogP contribution is 2.31. The normalized spacial score (nSPS) is 28.9. The van der Waals surface area contributed by atoms with Gasteiger partial charge in [-0.25, -0.2) is 8.42 Å². The molecular formula is C11H22O4S. The molecule has 5 heteroatoms. The maximum Gasteiger partial charge on any atom is 0.150 e. The molecule has 0 aromatic heterocycles. The quantitative estimate of drug-likeness (QED) is 0.790. The van der Waals surface area contributed by atoms with Crippen LogP contribution in [0.4, 0.5) is 0 Å². The summed E-state index contributed by atoms with van der Waals surface area (Å²) >= 11 is 0. The summed E-state index contributed by atoms with van der Waals surface area (Å²) in [7, 11) is -1.35. The minimum absolute atomic E-state index is 0.114. The molecule has 16 heavy (non-hydrogen) atoms. The van der Waals surface area contributed by atoms with E-state index in [1.54, 1.807) is 7.11 Å².